The summed E-state index contributed by atoms with van der Waals surface area (Å²) < 4.78 is 7.85. The van der Waals surface area contributed by atoms with Crippen molar-refractivity contribution in [2.24, 2.45) is 0 Å². The Balaban J connectivity index is 1.97. The van der Waals surface area contributed by atoms with Crippen LogP contribution >= 0.6 is 0 Å². The number of hydrogen-bond acceptors (Lipinski definition) is 3. The van der Waals surface area contributed by atoms with Gasteiger partial charge in [0.15, 0.2) is 0 Å². The third-order valence-electron chi connectivity index (χ3n) is 3.78. The fraction of sp³-hybridized carbons (Fsp3) is 0.786. The maximum Gasteiger partial charge on any atom is 0.0982 e. The molecule has 0 aromatic carbocycles. The Hall–Kier alpha value is -0.870. The maximum atomic E-state index is 5.89. The highest BCUT2D eigenvalue weighted by Gasteiger charge is 2.25. The summed E-state index contributed by atoms with van der Waals surface area (Å²) >= 11 is 0. The second-order valence-corrected chi connectivity index (χ2v) is 5.12. The molecule has 0 amide bonds. The largest absolute Gasteiger partial charge is 0.371 e. The molecule has 1 aromatic heterocycles. The summed E-state index contributed by atoms with van der Waals surface area (Å²) in [6, 6.07) is 0.655. The highest BCUT2D eigenvalue weighted by molar-refractivity contribution is 5.09. The van der Waals surface area contributed by atoms with Gasteiger partial charge in [0.25, 0.3) is 0 Å². The van der Waals surface area contributed by atoms with E-state index in [1.165, 1.54) is 18.4 Å². The molecule has 0 saturated carbocycles. The quantitative estimate of drug-likeness (QED) is 0.805. The van der Waals surface area contributed by atoms with Gasteiger partial charge in [-0.1, -0.05) is 13.3 Å². The summed E-state index contributed by atoms with van der Waals surface area (Å²) in [5.41, 5.74) is 1.21. The number of aryl methyl sites for hydroxylation is 1. The van der Waals surface area contributed by atoms with Crippen molar-refractivity contribution in [1.29, 1.82) is 0 Å². The zero-order valence-electron chi connectivity index (χ0n) is 11.8. The highest BCUT2D eigenvalue weighted by Crippen LogP contribution is 2.23. The van der Waals surface area contributed by atoms with Gasteiger partial charge in [-0.05, 0) is 20.3 Å². The van der Waals surface area contributed by atoms with Crippen LogP contribution in [0.15, 0.2) is 12.4 Å². The smallest absolute Gasteiger partial charge is 0.0982 e. The summed E-state index contributed by atoms with van der Waals surface area (Å²) in [5, 5.41) is 4.33. The van der Waals surface area contributed by atoms with E-state index >= 15 is 0 Å². The van der Waals surface area contributed by atoms with Crippen LogP contribution in [-0.4, -0.2) is 40.4 Å². The van der Waals surface area contributed by atoms with Gasteiger partial charge >= 0.3 is 0 Å². The lowest BCUT2D eigenvalue weighted by Crippen LogP contribution is -2.43. The average molecular weight is 251 g/mol. The molecular weight excluding hydrogens is 226 g/mol. The van der Waals surface area contributed by atoms with Crippen LogP contribution in [0.5, 0.6) is 0 Å². The van der Waals surface area contributed by atoms with E-state index in [4.69, 9.17) is 4.74 Å². The van der Waals surface area contributed by atoms with Crippen LogP contribution in [0, 0.1) is 0 Å². The second-order valence-electron chi connectivity index (χ2n) is 5.12. The molecule has 0 spiro atoms. The fourth-order valence-electron chi connectivity index (χ4n) is 2.59. The molecule has 102 valence electrons. The molecule has 4 nitrogen and oxygen atoms in total. The first-order chi connectivity index (χ1) is 8.74. The molecule has 1 saturated heterocycles. The Bertz CT molecular complexity index is 364. The molecule has 1 aliphatic heterocycles. The van der Waals surface area contributed by atoms with Crippen LogP contribution in [0.4, 0.5) is 0 Å². The van der Waals surface area contributed by atoms with Crippen molar-refractivity contribution in [2.45, 2.75) is 52.3 Å². The third kappa shape index (κ3) is 3.12. The van der Waals surface area contributed by atoms with E-state index in [0.29, 0.717) is 6.04 Å². The van der Waals surface area contributed by atoms with Gasteiger partial charge in [-0.15, -0.1) is 0 Å². The molecule has 0 N–H and O–H groups in total. The van der Waals surface area contributed by atoms with Crippen molar-refractivity contribution in [2.75, 3.05) is 19.7 Å². The van der Waals surface area contributed by atoms with E-state index in [9.17, 15) is 0 Å². The second kappa shape index (κ2) is 6.34. The van der Waals surface area contributed by atoms with Crippen molar-refractivity contribution >= 4 is 0 Å². The van der Waals surface area contributed by atoms with Crippen LogP contribution in [-0.2, 0) is 11.3 Å². The normalized spacial score (nSPS) is 23.2. The van der Waals surface area contributed by atoms with Gasteiger partial charge in [-0.3, -0.25) is 9.58 Å². The van der Waals surface area contributed by atoms with Crippen molar-refractivity contribution in [3.8, 4) is 0 Å². The molecule has 1 aliphatic rings. The summed E-state index contributed by atoms with van der Waals surface area (Å²) in [4.78, 5) is 2.54. The van der Waals surface area contributed by atoms with Gasteiger partial charge in [0.1, 0.15) is 0 Å². The average Bonchev–Trinajstić information content (AvgIpc) is 2.88. The molecule has 4 heteroatoms. The Morgan fingerprint density at radius 1 is 1.50 bits per heavy atom. The number of nitrogens with zero attached hydrogens (tertiary/aromatic N) is 3. The van der Waals surface area contributed by atoms with Gasteiger partial charge in [0, 0.05) is 37.4 Å². The molecule has 2 atom stereocenters. The molecule has 2 unspecified atom stereocenters. The van der Waals surface area contributed by atoms with Gasteiger partial charge in [-0.2, -0.15) is 5.10 Å². The number of rotatable bonds is 5. The van der Waals surface area contributed by atoms with Gasteiger partial charge in [-0.25, -0.2) is 0 Å². The third-order valence-corrected chi connectivity index (χ3v) is 3.78. The number of morpholine rings is 1. The first-order valence-electron chi connectivity index (χ1n) is 7.12. The number of ether oxygens (including phenoxy) is 1. The lowest BCUT2D eigenvalue weighted by molar-refractivity contribution is -0.0436. The summed E-state index contributed by atoms with van der Waals surface area (Å²) in [5.74, 6) is 0. The Labute approximate surface area is 110 Å². The molecule has 2 rings (SSSR count). The molecule has 1 aromatic rings. The lowest BCUT2D eigenvalue weighted by Gasteiger charge is -2.36. The standard InChI is InChI=1S/C14H25N3O/c1-4-6-12(3)16-7-8-18-14(11-16)13-9-15-17(5-2)10-13/h9-10,12,14H,4-8,11H2,1-3H3. The van der Waals surface area contributed by atoms with Crippen molar-refractivity contribution in [3.63, 3.8) is 0 Å². The van der Waals surface area contributed by atoms with Crippen molar-refractivity contribution in [3.05, 3.63) is 18.0 Å². The van der Waals surface area contributed by atoms with Crippen LogP contribution in [0.25, 0.3) is 0 Å². The van der Waals surface area contributed by atoms with E-state index in [2.05, 4.69) is 37.0 Å². The predicted molar refractivity (Wildman–Crippen MR) is 72.5 cm³/mol. The molecule has 0 radical (unpaired) electrons. The summed E-state index contributed by atoms with van der Waals surface area (Å²) in [7, 11) is 0. The molecule has 0 aliphatic carbocycles. The van der Waals surface area contributed by atoms with Crippen LogP contribution < -0.4 is 0 Å². The minimum Gasteiger partial charge on any atom is -0.371 e. The Morgan fingerprint density at radius 3 is 3.00 bits per heavy atom. The molecule has 0 bridgehead atoms. The zero-order valence-corrected chi connectivity index (χ0v) is 11.8. The highest BCUT2D eigenvalue weighted by atomic mass is 16.5. The Morgan fingerprint density at radius 2 is 2.33 bits per heavy atom. The van der Waals surface area contributed by atoms with Gasteiger partial charge in [0.05, 0.1) is 18.9 Å². The fourth-order valence-corrected chi connectivity index (χ4v) is 2.59. The maximum absolute atomic E-state index is 5.89. The van der Waals surface area contributed by atoms with Crippen molar-refractivity contribution in [1.82, 2.24) is 14.7 Å². The molecule has 1 fully saturated rings. The lowest BCUT2D eigenvalue weighted by atomic mass is 10.1. The van der Waals surface area contributed by atoms with Gasteiger partial charge in [0.2, 0.25) is 0 Å². The number of aromatic nitrogens is 2. The van der Waals surface area contributed by atoms with Crippen LogP contribution in [0.3, 0.4) is 0 Å². The van der Waals surface area contributed by atoms with E-state index < -0.39 is 0 Å². The molecule has 2 heterocycles. The monoisotopic (exact) mass is 251 g/mol. The number of hydrogen-bond donors (Lipinski definition) is 0. The van der Waals surface area contributed by atoms with E-state index in [0.717, 1.165) is 26.2 Å². The summed E-state index contributed by atoms with van der Waals surface area (Å²) in [6.07, 6.45) is 6.76. The zero-order chi connectivity index (χ0) is 13.0. The van der Waals surface area contributed by atoms with Crippen LogP contribution in [0.2, 0.25) is 0 Å². The van der Waals surface area contributed by atoms with E-state index in [1.807, 2.05) is 10.9 Å². The molecular formula is C14H25N3O. The van der Waals surface area contributed by atoms with Crippen molar-refractivity contribution < 1.29 is 4.74 Å². The topological polar surface area (TPSA) is 30.3 Å². The SMILES string of the molecule is CCCC(C)N1CCOC(c2cnn(CC)c2)C1. The van der Waals surface area contributed by atoms with Gasteiger partial charge < -0.3 is 4.74 Å². The van der Waals surface area contributed by atoms with E-state index in [-0.39, 0.29) is 6.10 Å². The molecule has 18 heavy (non-hydrogen) atoms. The van der Waals surface area contributed by atoms with Crippen LogP contribution in [0.1, 0.15) is 45.3 Å². The first kappa shape index (κ1) is 13.6. The minimum atomic E-state index is 0.193. The predicted octanol–water partition coefficient (Wildman–Crippen LogP) is 2.46. The van der Waals surface area contributed by atoms with E-state index in [1.54, 1.807) is 0 Å². The Kier molecular flexibility index (Phi) is 4.78. The summed E-state index contributed by atoms with van der Waals surface area (Å²) in [6.45, 7) is 10.5. The minimum absolute atomic E-state index is 0.193. The first-order valence-corrected chi connectivity index (χ1v) is 7.12.